The van der Waals surface area contributed by atoms with Gasteiger partial charge in [0.05, 0.1) is 17.5 Å². The van der Waals surface area contributed by atoms with Crippen molar-refractivity contribution in [1.29, 1.82) is 0 Å². The van der Waals surface area contributed by atoms with Crippen molar-refractivity contribution in [3.8, 4) is 0 Å². The van der Waals surface area contributed by atoms with Crippen LogP contribution in [-0.2, 0) is 25.7 Å². The third kappa shape index (κ3) is 2.97. The second kappa shape index (κ2) is 6.73. The zero-order chi connectivity index (χ0) is 19.1. The molecule has 1 fully saturated rings. The summed E-state index contributed by atoms with van der Waals surface area (Å²) >= 11 is 1.30. The van der Waals surface area contributed by atoms with Crippen molar-refractivity contribution in [2.75, 3.05) is 0 Å². The fourth-order valence-electron chi connectivity index (χ4n) is 3.54. The molecule has 0 bridgehead atoms. The van der Waals surface area contributed by atoms with Gasteiger partial charge in [0, 0.05) is 17.6 Å². The van der Waals surface area contributed by atoms with E-state index in [1.54, 1.807) is 11.6 Å². The van der Waals surface area contributed by atoms with Crippen LogP contribution in [0.2, 0.25) is 0 Å². The maximum atomic E-state index is 12.5. The smallest absolute Gasteiger partial charge is 0.329 e. The number of carbonyl (C=O) groups is 3. The van der Waals surface area contributed by atoms with E-state index < -0.39 is 12.0 Å². The van der Waals surface area contributed by atoms with E-state index in [9.17, 15) is 19.2 Å². The number of aromatic nitrogens is 2. The Hall–Kier alpha value is -2.81. The topological polar surface area (TPSA) is 98.1 Å². The van der Waals surface area contributed by atoms with E-state index in [4.69, 9.17) is 4.74 Å². The number of allylic oxidation sites excluding steroid dienone is 2. The van der Waals surface area contributed by atoms with Crippen molar-refractivity contribution < 1.29 is 19.1 Å². The van der Waals surface area contributed by atoms with Crippen molar-refractivity contribution in [2.45, 2.75) is 32.4 Å². The molecule has 8 nitrogen and oxygen atoms in total. The average molecular weight is 387 g/mol. The molecule has 0 spiro atoms. The van der Waals surface area contributed by atoms with Gasteiger partial charge in [0.15, 0.2) is 4.96 Å². The molecular formula is C18H17N3O5S. The molecule has 2 amide bonds. The summed E-state index contributed by atoms with van der Waals surface area (Å²) in [6.45, 7) is 1.28. The summed E-state index contributed by atoms with van der Waals surface area (Å²) in [6, 6.07) is 0.284. The van der Waals surface area contributed by atoms with Gasteiger partial charge in [-0.1, -0.05) is 12.2 Å². The minimum Gasteiger partial charge on any atom is -0.458 e. The molecule has 9 heteroatoms. The summed E-state index contributed by atoms with van der Waals surface area (Å²) in [4.78, 5) is 55.2. The molecule has 1 aliphatic heterocycles. The van der Waals surface area contributed by atoms with Crippen LogP contribution in [0.4, 0.5) is 0 Å². The lowest BCUT2D eigenvalue weighted by Crippen LogP contribution is -2.44. The first-order valence-electron chi connectivity index (χ1n) is 8.61. The first-order valence-corrected chi connectivity index (χ1v) is 9.49. The van der Waals surface area contributed by atoms with E-state index in [1.807, 2.05) is 12.2 Å². The number of hydrogen-bond donors (Lipinski definition) is 0. The fraction of sp³-hybridized carbons (Fsp3) is 0.389. The lowest BCUT2D eigenvalue weighted by Gasteiger charge is -2.21. The Morgan fingerprint density at radius 3 is 2.59 bits per heavy atom. The molecular weight excluding hydrogens is 370 g/mol. The number of thiazole rings is 1. The van der Waals surface area contributed by atoms with Gasteiger partial charge >= 0.3 is 5.97 Å². The Morgan fingerprint density at radius 2 is 1.93 bits per heavy atom. The quantitative estimate of drug-likeness (QED) is 0.443. The van der Waals surface area contributed by atoms with Gasteiger partial charge in [0.1, 0.15) is 12.6 Å². The van der Waals surface area contributed by atoms with E-state index in [0.717, 1.165) is 4.90 Å². The van der Waals surface area contributed by atoms with Gasteiger partial charge in [0.2, 0.25) is 11.8 Å². The predicted octanol–water partition coefficient (Wildman–Crippen LogP) is 1.14. The highest BCUT2D eigenvalue weighted by Gasteiger charge is 2.50. The number of likely N-dealkylation sites (tertiary alicyclic amines) is 1. The summed E-state index contributed by atoms with van der Waals surface area (Å²) in [7, 11) is 0. The second-order valence-corrected chi connectivity index (χ2v) is 7.50. The molecule has 140 valence electrons. The van der Waals surface area contributed by atoms with Gasteiger partial charge in [-0.25, -0.2) is 9.78 Å². The number of hydrogen-bond acceptors (Lipinski definition) is 7. The van der Waals surface area contributed by atoms with Crippen molar-refractivity contribution in [3.63, 3.8) is 0 Å². The van der Waals surface area contributed by atoms with Crippen LogP contribution in [0.25, 0.3) is 4.96 Å². The number of ether oxygens (including phenoxy) is 1. The molecule has 1 aliphatic carbocycles. The first kappa shape index (κ1) is 17.6. The van der Waals surface area contributed by atoms with Crippen molar-refractivity contribution in [1.82, 2.24) is 14.3 Å². The normalized spacial score (nSPS) is 22.9. The molecule has 0 aromatic carbocycles. The van der Waals surface area contributed by atoms with Crippen LogP contribution < -0.4 is 5.56 Å². The zero-order valence-electron chi connectivity index (χ0n) is 14.5. The maximum Gasteiger partial charge on any atom is 0.329 e. The Labute approximate surface area is 158 Å². The maximum absolute atomic E-state index is 12.5. The largest absolute Gasteiger partial charge is 0.458 e. The van der Waals surface area contributed by atoms with Gasteiger partial charge in [-0.15, -0.1) is 11.3 Å². The lowest BCUT2D eigenvalue weighted by atomic mass is 9.85. The van der Waals surface area contributed by atoms with Crippen LogP contribution in [0.15, 0.2) is 34.6 Å². The van der Waals surface area contributed by atoms with Crippen molar-refractivity contribution in [3.05, 3.63) is 45.8 Å². The average Bonchev–Trinajstić information content (AvgIpc) is 3.23. The van der Waals surface area contributed by atoms with Crippen molar-refractivity contribution >= 4 is 34.1 Å². The highest BCUT2D eigenvalue weighted by atomic mass is 32.1. The van der Waals surface area contributed by atoms with E-state index >= 15 is 0 Å². The van der Waals surface area contributed by atoms with Crippen LogP contribution in [0.3, 0.4) is 0 Å². The molecule has 27 heavy (non-hydrogen) atoms. The van der Waals surface area contributed by atoms with Gasteiger partial charge in [-0.3, -0.25) is 23.7 Å². The Balaban J connectivity index is 1.45. The second-order valence-electron chi connectivity index (χ2n) is 6.63. The van der Waals surface area contributed by atoms with E-state index in [1.165, 1.54) is 28.7 Å². The molecule has 3 heterocycles. The Morgan fingerprint density at radius 1 is 1.26 bits per heavy atom. The Kier molecular flexibility index (Phi) is 4.39. The van der Waals surface area contributed by atoms with Gasteiger partial charge in [-0.05, 0) is 19.8 Å². The van der Waals surface area contributed by atoms with Gasteiger partial charge in [0.25, 0.3) is 5.56 Å². The SMILES string of the molecule is CC(C(=O)OCc1cc(=O)n2ccsc2n1)N1C(=O)C2CC=CCC2C1=O. The fourth-order valence-corrected chi connectivity index (χ4v) is 4.28. The first-order chi connectivity index (χ1) is 13.0. The number of rotatable bonds is 4. The standard InChI is InChI=1S/C18H17N3O5S/c1-10(21-15(23)12-4-2-3-5-13(12)16(21)24)17(25)26-9-11-8-14(22)20-6-7-27-18(20)19-11/h2-3,6-8,10,12-13H,4-5,9H2,1H3. The molecule has 3 atom stereocenters. The van der Waals surface area contributed by atoms with Crippen LogP contribution in [-0.4, -0.2) is 38.1 Å². The zero-order valence-corrected chi connectivity index (χ0v) is 15.3. The number of nitrogens with zero attached hydrogens (tertiary/aromatic N) is 3. The summed E-state index contributed by atoms with van der Waals surface area (Å²) in [5.41, 5.74) is 0.0572. The predicted molar refractivity (Wildman–Crippen MR) is 95.8 cm³/mol. The molecule has 0 N–H and O–H groups in total. The third-order valence-electron chi connectivity index (χ3n) is 4.99. The van der Waals surface area contributed by atoms with Crippen LogP contribution in [0.5, 0.6) is 0 Å². The summed E-state index contributed by atoms with van der Waals surface area (Å²) < 4.78 is 6.62. The highest BCUT2D eigenvalue weighted by Crippen LogP contribution is 2.36. The van der Waals surface area contributed by atoms with Crippen molar-refractivity contribution in [2.24, 2.45) is 11.8 Å². The van der Waals surface area contributed by atoms with E-state index in [-0.39, 0.29) is 35.8 Å². The summed E-state index contributed by atoms with van der Waals surface area (Å²) in [6.07, 6.45) is 6.43. The molecule has 2 aromatic rings. The molecule has 1 saturated heterocycles. The molecule has 0 radical (unpaired) electrons. The number of carbonyl (C=O) groups excluding carboxylic acids is 3. The monoisotopic (exact) mass is 387 g/mol. The number of amides is 2. The number of imide groups is 1. The minimum absolute atomic E-state index is 0.197. The molecule has 4 rings (SSSR count). The van der Waals surface area contributed by atoms with Crippen LogP contribution in [0, 0.1) is 11.8 Å². The van der Waals surface area contributed by atoms with Gasteiger partial charge in [-0.2, -0.15) is 0 Å². The third-order valence-corrected chi connectivity index (χ3v) is 5.75. The number of esters is 1. The molecule has 2 aromatic heterocycles. The molecule has 0 saturated carbocycles. The van der Waals surface area contributed by atoms with E-state index in [2.05, 4.69) is 4.98 Å². The Bertz CT molecular complexity index is 997. The lowest BCUT2D eigenvalue weighted by molar-refractivity contribution is -0.159. The number of fused-ring (bicyclic) bond motifs is 2. The van der Waals surface area contributed by atoms with E-state index in [0.29, 0.717) is 23.5 Å². The summed E-state index contributed by atoms with van der Waals surface area (Å²) in [5, 5.41) is 1.74. The summed E-state index contributed by atoms with van der Waals surface area (Å²) in [5.74, 6) is -2.12. The van der Waals surface area contributed by atoms with Gasteiger partial charge < -0.3 is 4.74 Å². The molecule has 2 aliphatic rings. The highest BCUT2D eigenvalue weighted by molar-refractivity contribution is 7.15. The minimum atomic E-state index is -1.01. The van der Waals surface area contributed by atoms with Crippen LogP contribution in [0.1, 0.15) is 25.5 Å². The van der Waals surface area contributed by atoms with Crippen LogP contribution >= 0.6 is 11.3 Å². The molecule has 3 unspecified atom stereocenters.